The Balaban J connectivity index is 1.54. The number of hydrogen-bond donors (Lipinski definition) is 0. The van der Waals surface area contributed by atoms with Crippen LogP contribution >= 0.6 is 23.2 Å². The van der Waals surface area contributed by atoms with E-state index >= 15 is 0 Å². The predicted molar refractivity (Wildman–Crippen MR) is 131 cm³/mol. The zero-order valence-electron chi connectivity index (χ0n) is 18.4. The summed E-state index contributed by atoms with van der Waals surface area (Å²) in [4.78, 5) is 4.77. The number of fused-ring (bicyclic) bond motifs is 1. The van der Waals surface area contributed by atoms with E-state index in [-0.39, 0.29) is 6.61 Å². The van der Waals surface area contributed by atoms with Crippen LogP contribution in [0.3, 0.4) is 0 Å². The Kier molecular flexibility index (Phi) is 6.92. The molecule has 0 bridgehead atoms. The molecule has 4 aromatic rings. The van der Waals surface area contributed by atoms with E-state index in [0.29, 0.717) is 34.9 Å². The lowest BCUT2D eigenvalue weighted by Crippen LogP contribution is -2.13. The van der Waals surface area contributed by atoms with Gasteiger partial charge in [0, 0.05) is 5.02 Å². The third-order valence-corrected chi connectivity index (χ3v) is 5.88. The average Bonchev–Trinajstić information content (AvgIpc) is 3.10. The highest BCUT2D eigenvalue weighted by atomic mass is 35.5. The number of hydrogen-bond acceptors (Lipinski definition) is 3. The molecule has 0 spiro atoms. The molecule has 0 saturated carbocycles. The van der Waals surface area contributed by atoms with Gasteiger partial charge in [-0.3, -0.25) is 0 Å². The van der Waals surface area contributed by atoms with E-state index in [0.717, 1.165) is 22.6 Å². The van der Waals surface area contributed by atoms with Gasteiger partial charge in [-0.1, -0.05) is 61.3 Å². The molecule has 0 fully saturated rings. The summed E-state index contributed by atoms with van der Waals surface area (Å²) in [6.45, 7) is 7.91. The van der Waals surface area contributed by atoms with Crippen LogP contribution in [0.2, 0.25) is 10.0 Å². The molecule has 4 nitrogen and oxygen atoms in total. The minimum atomic E-state index is 0.289. The molecular weight excluding hydrogens is 443 g/mol. The highest BCUT2D eigenvalue weighted by Crippen LogP contribution is 2.29. The molecule has 0 aliphatic heterocycles. The number of rotatable bonds is 8. The van der Waals surface area contributed by atoms with Crippen molar-refractivity contribution >= 4 is 34.2 Å². The lowest BCUT2D eigenvalue weighted by atomic mass is 10.0. The van der Waals surface area contributed by atoms with Crippen molar-refractivity contribution in [2.45, 2.75) is 39.8 Å². The highest BCUT2D eigenvalue weighted by molar-refractivity contribution is 6.35. The third kappa shape index (κ3) is 5.03. The molecule has 0 saturated heterocycles. The van der Waals surface area contributed by atoms with Crippen molar-refractivity contribution in [3.05, 3.63) is 87.7 Å². The number of benzene rings is 3. The summed E-state index contributed by atoms with van der Waals surface area (Å²) >= 11 is 12.3. The van der Waals surface area contributed by atoms with Crippen LogP contribution in [0, 0.1) is 6.92 Å². The van der Waals surface area contributed by atoms with Crippen LogP contribution in [0.15, 0.2) is 60.7 Å². The molecule has 0 unspecified atom stereocenters. The molecule has 0 amide bonds. The molecule has 0 N–H and O–H groups in total. The largest absolute Gasteiger partial charge is 0.491 e. The fraction of sp³-hybridized carbons (Fsp3) is 0.269. The molecule has 0 radical (unpaired) electrons. The van der Waals surface area contributed by atoms with Gasteiger partial charge in [0.1, 0.15) is 30.5 Å². The molecule has 6 heteroatoms. The lowest BCUT2D eigenvalue weighted by Gasteiger charge is -2.16. The second-order valence-electron chi connectivity index (χ2n) is 8.08. The standard InChI is InChI=1S/C26H26Cl2N2O2/c1-17(2)20-10-8-18(3)14-25(20)31-13-12-30-23-7-5-4-6-22(23)29-26(30)16-32-24-11-9-19(27)15-21(24)28/h4-11,14-15,17H,12-13,16H2,1-3H3. The summed E-state index contributed by atoms with van der Waals surface area (Å²) in [5, 5.41) is 1.05. The lowest BCUT2D eigenvalue weighted by molar-refractivity contribution is 0.271. The summed E-state index contributed by atoms with van der Waals surface area (Å²) in [5.74, 6) is 2.73. The van der Waals surface area contributed by atoms with Crippen LogP contribution < -0.4 is 9.47 Å². The van der Waals surface area contributed by atoms with Crippen molar-refractivity contribution in [1.82, 2.24) is 9.55 Å². The molecule has 166 valence electrons. The zero-order valence-corrected chi connectivity index (χ0v) is 20.0. The maximum absolute atomic E-state index is 6.26. The monoisotopic (exact) mass is 468 g/mol. The van der Waals surface area contributed by atoms with Crippen molar-refractivity contribution in [1.29, 1.82) is 0 Å². The van der Waals surface area contributed by atoms with Crippen LogP contribution in [0.25, 0.3) is 11.0 Å². The Labute approximate surface area is 198 Å². The van der Waals surface area contributed by atoms with E-state index in [1.807, 2.05) is 18.2 Å². The Hall–Kier alpha value is -2.69. The summed E-state index contributed by atoms with van der Waals surface area (Å²) < 4.78 is 14.3. The Morgan fingerprint density at radius 2 is 1.75 bits per heavy atom. The quantitative estimate of drug-likeness (QED) is 0.269. The Bertz CT molecular complexity index is 1230. The average molecular weight is 469 g/mol. The zero-order chi connectivity index (χ0) is 22.7. The number of aromatic nitrogens is 2. The number of nitrogens with zero attached hydrogens (tertiary/aromatic N) is 2. The van der Waals surface area contributed by atoms with E-state index in [9.17, 15) is 0 Å². The van der Waals surface area contributed by atoms with E-state index in [4.69, 9.17) is 37.7 Å². The van der Waals surface area contributed by atoms with E-state index < -0.39 is 0 Å². The van der Waals surface area contributed by atoms with Crippen molar-refractivity contribution in [2.24, 2.45) is 0 Å². The van der Waals surface area contributed by atoms with Crippen LogP contribution in [0.1, 0.15) is 36.7 Å². The van der Waals surface area contributed by atoms with Gasteiger partial charge in [-0.2, -0.15) is 0 Å². The summed E-state index contributed by atoms with van der Waals surface area (Å²) in [7, 11) is 0. The van der Waals surface area contributed by atoms with E-state index in [1.165, 1.54) is 11.1 Å². The molecule has 1 aromatic heterocycles. The van der Waals surface area contributed by atoms with Crippen molar-refractivity contribution in [2.75, 3.05) is 6.61 Å². The maximum Gasteiger partial charge on any atom is 0.148 e. The van der Waals surface area contributed by atoms with Crippen molar-refractivity contribution < 1.29 is 9.47 Å². The van der Waals surface area contributed by atoms with Crippen LogP contribution in [-0.4, -0.2) is 16.2 Å². The van der Waals surface area contributed by atoms with Crippen LogP contribution in [0.5, 0.6) is 11.5 Å². The molecule has 0 aliphatic rings. The van der Waals surface area contributed by atoms with Gasteiger partial charge in [-0.05, 0) is 60.4 Å². The molecule has 4 rings (SSSR count). The number of para-hydroxylation sites is 2. The SMILES string of the molecule is Cc1ccc(C(C)C)c(OCCn2c(COc3ccc(Cl)cc3Cl)nc3ccccc32)c1. The molecule has 0 aliphatic carbocycles. The second kappa shape index (κ2) is 9.85. The Morgan fingerprint density at radius 3 is 2.53 bits per heavy atom. The van der Waals surface area contributed by atoms with Gasteiger partial charge in [-0.15, -0.1) is 0 Å². The van der Waals surface area contributed by atoms with Gasteiger partial charge in [0.25, 0.3) is 0 Å². The van der Waals surface area contributed by atoms with Gasteiger partial charge in [0.15, 0.2) is 0 Å². The summed E-state index contributed by atoms with van der Waals surface area (Å²) in [6, 6.07) is 19.6. The second-order valence-corrected chi connectivity index (χ2v) is 8.92. The first-order valence-electron chi connectivity index (χ1n) is 10.7. The van der Waals surface area contributed by atoms with Gasteiger partial charge >= 0.3 is 0 Å². The third-order valence-electron chi connectivity index (χ3n) is 5.35. The first kappa shape index (κ1) is 22.5. The smallest absolute Gasteiger partial charge is 0.148 e. The summed E-state index contributed by atoms with van der Waals surface area (Å²) in [5.41, 5.74) is 4.37. The number of ether oxygens (including phenoxy) is 2. The predicted octanol–water partition coefficient (Wildman–Crippen LogP) is 7.43. The number of halogens is 2. The highest BCUT2D eigenvalue weighted by Gasteiger charge is 2.13. The van der Waals surface area contributed by atoms with E-state index in [2.05, 4.69) is 49.6 Å². The molecule has 3 aromatic carbocycles. The molecular formula is C26H26Cl2N2O2. The molecule has 0 atom stereocenters. The van der Waals surface area contributed by atoms with Gasteiger partial charge in [0.2, 0.25) is 0 Å². The fourth-order valence-electron chi connectivity index (χ4n) is 3.71. The topological polar surface area (TPSA) is 36.3 Å². The Morgan fingerprint density at radius 1 is 0.938 bits per heavy atom. The fourth-order valence-corrected chi connectivity index (χ4v) is 4.17. The summed E-state index contributed by atoms with van der Waals surface area (Å²) in [6.07, 6.45) is 0. The van der Waals surface area contributed by atoms with Gasteiger partial charge < -0.3 is 14.0 Å². The first-order chi connectivity index (χ1) is 15.4. The minimum absolute atomic E-state index is 0.289. The van der Waals surface area contributed by atoms with Gasteiger partial charge in [0.05, 0.1) is 22.6 Å². The first-order valence-corrected chi connectivity index (χ1v) is 11.4. The number of imidazole rings is 1. The van der Waals surface area contributed by atoms with Crippen molar-refractivity contribution in [3.63, 3.8) is 0 Å². The minimum Gasteiger partial charge on any atom is -0.491 e. The normalized spacial score (nSPS) is 11.3. The number of aryl methyl sites for hydroxylation is 1. The maximum atomic E-state index is 6.26. The van der Waals surface area contributed by atoms with Crippen LogP contribution in [-0.2, 0) is 13.2 Å². The van der Waals surface area contributed by atoms with Crippen LogP contribution in [0.4, 0.5) is 0 Å². The van der Waals surface area contributed by atoms with Crippen molar-refractivity contribution in [3.8, 4) is 11.5 Å². The molecule has 1 heterocycles. The van der Waals surface area contributed by atoms with Gasteiger partial charge in [-0.25, -0.2) is 4.98 Å². The molecule has 32 heavy (non-hydrogen) atoms. The van der Waals surface area contributed by atoms with E-state index in [1.54, 1.807) is 18.2 Å².